The summed E-state index contributed by atoms with van der Waals surface area (Å²) in [4.78, 5) is 3.49. The SMILES string of the molecule is Oc1cccc(-c2nn(-c3ccccc3)[n+](-c3ccccc3)n2)c1.[Cl-]. The molecule has 0 bridgehead atoms. The van der Waals surface area contributed by atoms with E-state index in [-0.39, 0.29) is 18.2 Å². The van der Waals surface area contributed by atoms with E-state index in [9.17, 15) is 5.11 Å². The van der Waals surface area contributed by atoms with Crippen molar-refractivity contribution in [2.24, 2.45) is 0 Å². The third-order valence-corrected chi connectivity index (χ3v) is 3.64. The van der Waals surface area contributed by atoms with Gasteiger partial charge in [-0.15, -0.1) is 0 Å². The van der Waals surface area contributed by atoms with Gasteiger partial charge >= 0.3 is 5.82 Å². The van der Waals surface area contributed by atoms with Gasteiger partial charge in [-0.2, -0.15) is 0 Å². The number of aromatic nitrogens is 4. The number of halogens is 1. The Hall–Kier alpha value is -3.18. The fraction of sp³-hybridized carbons (Fsp3) is 0. The van der Waals surface area contributed by atoms with Crippen molar-refractivity contribution in [2.45, 2.75) is 0 Å². The van der Waals surface area contributed by atoms with Crippen molar-refractivity contribution in [2.75, 3.05) is 0 Å². The van der Waals surface area contributed by atoms with Gasteiger partial charge in [0, 0.05) is 4.80 Å². The van der Waals surface area contributed by atoms with E-state index < -0.39 is 0 Å². The molecule has 1 aromatic heterocycles. The maximum absolute atomic E-state index is 9.72. The number of phenolic OH excluding ortho intramolecular Hbond substituents is 1. The molecule has 0 aliphatic carbocycles. The molecule has 4 aromatic rings. The number of tetrazole rings is 1. The number of hydrogen-bond acceptors (Lipinski definition) is 3. The van der Waals surface area contributed by atoms with Gasteiger partial charge in [-0.05, 0) is 52.4 Å². The van der Waals surface area contributed by atoms with Crippen LogP contribution in [0.25, 0.3) is 22.8 Å². The van der Waals surface area contributed by atoms with Crippen LogP contribution in [0.5, 0.6) is 5.75 Å². The van der Waals surface area contributed by atoms with E-state index in [2.05, 4.69) is 10.2 Å². The highest BCUT2D eigenvalue weighted by atomic mass is 35.5. The molecule has 5 nitrogen and oxygen atoms in total. The molecule has 0 spiro atoms. The van der Waals surface area contributed by atoms with Gasteiger partial charge < -0.3 is 17.5 Å². The monoisotopic (exact) mass is 350 g/mol. The predicted octanol–water partition coefficient (Wildman–Crippen LogP) is -0.0794. The highest BCUT2D eigenvalue weighted by molar-refractivity contribution is 5.56. The highest BCUT2D eigenvalue weighted by Crippen LogP contribution is 2.19. The third kappa shape index (κ3) is 3.36. The van der Waals surface area contributed by atoms with Crippen LogP contribution in [-0.2, 0) is 0 Å². The molecule has 0 saturated heterocycles. The van der Waals surface area contributed by atoms with Crippen molar-refractivity contribution in [1.82, 2.24) is 15.0 Å². The minimum Gasteiger partial charge on any atom is -1.00 e. The molecular formula is C19H15ClN4O. The summed E-state index contributed by atoms with van der Waals surface area (Å²) < 4.78 is 0. The van der Waals surface area contributed by atoms with Crippen molar-refractivity contribution in [3.63, 3.8) is 0 Å². The Morgan fingerprint density at radius 3 is 2.16 bits per heavy atom. The largest absolute Gasteiger partial charge is 1.00 e. The molecule has 6 heteroatoms. The summed E-state index contributed by atoms with van der Waals surface area (Å²) in [6, 6.07) is 26.6. The summed E-state index contributed by atoms with van der Waals surface area (Å²) in [6.07, 6.45) is 0. The quantitative estimate of drug-likeness (QED) is 0.526. The van der Waals surface area contributed by atoms with E-state index in [4.69, 9.17) is 0 Å². The molecule has 1 heterocycles. The molecule has 0 radical (unpaired) electrons. The summed E-state index contributed by atoms with van der Waals surface area (Å²) in [5, 5.41) is 19.0. The second-order valence-corrected chi connectivity index (χ2v) is 5.32. The Kier molecular flexibility index (Phi) is 4.77. The molecule has 0 fully saturated rings. The number of hydrogen-bond donors (Lipinski definition) is 1. The topological polar surface area (TPSA) is 54.8 Å². The molecule has 3 aromatic carbocycles. The first-order chi connectivity index (χ1) is 11.8. The normalized spacial score (nSPS) is 10.2. The van der Waals surface area contributed by atoms with E-state index >= 15 is 0 Å². The maximum Gasteiger partial charge on any atom is 0.340 e. The Morgan fingerprint density at radius 2 is 1.48 bits per heavy atom. The van der Waals surface area contributed by atoms with Crippen LogP contribution < -0.4 is 17.2 Å². The van der Waals surface area contributed by atoms with Gasteiger partial charge in [0.05, 0.1) is 10.7 Å². The number of benzene rings is 3. The molecular weight excluding hydrogens is 336 g/mol. The van der Waals surface area contributed by atoms with Crippen molar-refractivity contribution in [3.05, 3.63) is 84.9 Å². The standard InChI is InChI=1S/C19H14N4O.ClH/c24-18-13-7-8-15(14-18)19-20-22(16-9-3-1-4-10-16)23(21-19)17-11-5-2-6-12-17;/h1-14H;1H. The van der Waals surface area contributed by atoms with Gasteiger partial charge in [-0.25, -0.2) is 0 Å². The Labute approximate surface area is 151 Å². The molecule has 0 atom stereocenters. The molecule has 0 aliphatic rings. The van der Waals surface area contributed by atoms with E-state index in [0.29, 0.717) is 5.82 Å². The van der Waals surface area contributed by atoms with Gasteiger partial charge in [-0.3, -0.25) is 0 Å². The number of aromatic hydroxyl groups is 1. The molecule has 0 saturated carbocycles. The average Bonchev–Trinajstić information content (AvgIpc) is 3.09. The second kappa shape index (κ2) is 7.15. The number of nitrogens with zero attached hydrogens (tertiary/aromatic N) is 4. The van der Waals surface area contributed by atoms with Gasteiger partial charge in [0.25, 0.3) is 0 Å². The maximum atomic E-state index is 9.72. The molecule has 0 unspecified atom stereocenters. The van der Waals surface area contributed by atoms with Crippen LogP contribution in [0.15, 0.2) is 84.9 Å². The van der Waals surface area contributed by atoms with Gasteiger partial charge in [0.1, 0.15) is 11.4 Å². The van der Waals surface area contributed by atoms with Crippen LogP contribution in [0.4, 0.5) is 0 Å². The summed E-state index contributed by atoms with van der Waals surface area (Å²) in [5.74, 6) is 0.730. The predicted molar refractivity (Wildman–Crippen MR) is 90.0 cm³/mol. The van der Waals surface area contributed by atoms with Crippen LogP contribution in [0.1, 0.15) is 0 Å². The van der Waals surface area contributed by atoms with Crippen molar-refractivity contribution >= 4 is 0 Å². The van der Waals surface area contributed by atoms with Crippen LogP contribution >= 0.6 is 0 Å². The van der Waals surface area contributed by atoms with Crippen LogP contribution in [-0.4, -0.2) is 20.1 Å². The number of phenols is 1. The molecule has 0 amide bonds. The first-order valence-corrected chi connectivity index (χ1v) is 7.61. The van der Waals surface area contributed by atoms with Gasteiger partial charge in [-0.1, -0.05) is 42.5 Å². The number of para-hydroxylation sites is 2. The third-order valence-electron chi connectivity index (χ3n) is 3.64. The lowest BCUT2D eigenvalue weighted by Crippen LogP contribution is -3.00. The average molecular weight is 351 g/mol. The first-order valence-electron chi connectivity index (χ1n) is 7.61. The van der Waals surface area contributed by atoms with Crippen LogP contribution in [0, 0.1) is 0 Å². The molecule has 124 valence electrons. The fourth-order valence-electron chi connectivity index (χ4n) is 2.50. The molecule has 1 N–H and O–H groups in total. The van der Waals surface area contributed by atoms with Gasteiger partial charge in [0.2, 0.25) is 0 Å². The minimum absolute atomic E-state index is 0. The molecule has 4 rings (SSSR count). The lowest BCUT2D eigenvalue weighted by Gasteiger charge is -1.98. The molecule has 0 aliphatic heterocycles. The fourth-order valence-corrected chi connectivity index (χ4v) is 2.50. The van der Waals surface area contributed by atoms with Crippen molar-refractivity contribution in [3.8, 4) is 28.5 Å². The Balaban J connectivity index is 0.00000182. The summed E-state index contributed by atoms with van der Waals surface area (Å²) in [7, 11) is 0. The number of rotatable bonds is 3. The summed E-state index contributed by atoms with van der Waals surface area (Å²) in [6.45, 7) is 0. The van der Waals surface area contributed by atoms with Crippen molar-refractivity contribution < 1.29 is 22.3 Å². The lowest BCUT2D eigenvalue weighted by atomic mass is 10.2. The zero-order chi connectivity index (χ0) is 16.4. The zero-order valence-electron chi connectivity index (χ0n) is 13.2. The minimum atomic E-state index is 0. The van der Waals surface area contributed by atoms with E-state index in [0.717, 1.165) is 16.9 Å². The first kappa shape index (κ1) is 16.7. The second-order valence-electron chi connectivity index (χ2n) is 5.32. The smallest absolute Gasteiger partial charge is 0.340 e. The van der Waals surface area contributed by atoms with Crippen LogP contribution in [0.3, 0.4) is 0 Å². The van der Waals surface area contributed by atoms with Gasteiger partial charge in [0.15, 0.2) is 5.69 Å². The molecule has 25 heavy (non-hydrogen) atoms. The van der Waals surface area contributed by atoms with Crippen molar-refractivity contribution in [1.29, 1.82) is 0 Å². The summed E-state index contributed by atoms with van der Waals surface area (Å²) >= 11 is 0. The lowest BCUT2D eigenvalue weighted by molar-refractivity contribution is -0.734. The Morgan fingerprint density at radius 1 is 0.800 bits per heavy atom. The van der Waals surface area contributed by atoms with E-state index in [1.165, 1.54) is 0 Å². The zero-order valence-corrected chi connectivity index (χ0v) is 14.0. The summed E-state index contributed by atoms with van der Waals surface area (Å²) in [5.41, 5.74) is 2.56. The Bertz CT molecular complexity index is 914. The van der Waals surface area contributed by atoms with E-state index in [1.807, 2.05) is 66.7 Å². The van der Waals surface area contributed by atoms with E-state index in [1.54, 1.807) is 27.8 Å². The van der Waals surface area contributed by atoms with Crippen LogP contribution in [0.2, 0.25) is 0 Å². The highest BCUT2D eigenvalue weighted by Gasteiger charge is 2.23.